The van der Waals surface area contributed by atoms with Crippen LogP contribution in [0.2, 0.25) is 0 Å². The molecule has 0 saturated carbocycles. The average Bonchev–Trinajstić information content (AvgIpc) is 2.63. The van der Waals surface area contributed by atoms with Crippen molar-refractivity contribution in [1.82, 2.24) is 4.57 Å². The Bertz CT molecular complexity index is 608. The van der Waals surface area contributed by atoms with Gasteiger partial charge in [-0.05, 0) is 12.1 Å². The molecule has 0 amide bonds. The third-order valence-corrected chi connectivity index (χ3v) is 3.45. The minimum atomic E-state index is -4.57. The van der Waals surface area contributed by atoms with Crippen molar-refractivity contribution in [3.8, 4) is 17.4 Å². The van der Waals surface area contributed by atoms with Crippen molar-refractivity contribution in [2.45, 2.75) is 10.6 Å². The number of alkyl halides is 4. The van der Waals surface area contributed by atoms with Gasteiger partial charge in [-0.3, -0.25) is 4.57 Å². The first-order chi connectivity index (χ1) is 8.86. The van der Waals surface area contributed by atoms with E-state index in [9.17, 15) is 23.4 Å². The maximum atomic E-state index is 12.9. The molecule has 1 aromatic heterocycles. The molecule has 0 aliphatic carbocycles. The van der Waals surface area contributed by atoms with E-state index in [1.807, 2.05) is 22.6 Å². The van der Waals surface area contributed by atoms with Crippen LogP contribution in [0, 0.1) is 0 Å². The Hall–Kier alpha value is -1.38. The summed E-state index contributed by atoms with van der Waals surface area (Å²) in [5.41, 5.74) is -0.854. The van der Waals surface area contributed by atoms with Gasteiger partial charge in [-0.2, -0.15) is 13.2 Å². The van der Waals surface area contributed by atoms with E-state index in [1.54, 1.807) is 0 Å². The Morgan fingerprint density at radius 1 is 1.16 bits per heavy atom. The van der Waals surface area contributed by atoms with Crippen LogP contribution < -0.4 is 0 Å². The predicted octanol–water partition coefficient (Wildman–Crippen LogP) is 3.84. The van der Waals surface area contributed by atoms with Crippen LogP contribution in [-0.2, 0) is 10.6 Å². The summed E-state index contributed by atoms with van der Waals surface area (Å²) in [6.07, 6.45) is -4.57. The number of benzene rings is 1. The van der Waals surface area contributed by atoms with E-state index in [4.69, 9.17) is 0 Å². The number of hydrogen-bond acceptors (Lipinski definition) is 2. The number of nitrogens with zero attached hydrogens (tertiary/aromatic N) is 1. The lowest BCUT2D eigenvalue weighted by Gasteiger charge is -2.14. The Labute approximate surface area is 120 Å². The second kappa shape index (κ2) is 4.95. The molecule has 7 heteroatoms. The summed E-state index contributed by atoms with van der Waals surface area (Å²) in [6, 6.07) is 6.00. The SMILES string of the molecule is Oc1cc(CI)c(O)n1-c1ccccc1C(F)(F)F. The topological polar surface area (TPSA) is 45.4 Å². The lowest BCUT2D eigenvalue weighted by Crippen LogP contribution is -2.10. The van der Waals surface area contributed by atoms with Gasteiger partial charge in [0.15, 0.2) is 5.88 Å². The van der Waals surface area contributed by atoms with Crippen molar-refractivity contribution >= 4 is 22.6 Å². The lowest BCUT2D eigenvalue weighted by molar-refractivity contribution is -0.137. The molecule has 0 spiro atoms. The number of hydrogen-bond donors (Lipinski definition) is 2. The van der Waals surface area contributed by atoms with Gasteiger partial charge in [-0.25, -0.2) is 0 Å². The maximum absolute atomic E-state index is 12.9. The summed E-state index contributed by atoms with van der Waals surface area (Å²) in [5, 5.41) is 19.6. The molecular weight excluding hydrogens is 374 g/mol. The number of rotatable bonds is 2. The Morgan fingerprint density at radius 2 is 1.79 bits per heavy atom. The minimum absolute atomic E-state index is 0.305. The van der Waals surface area contributed by atoms with Gasteiger partial charge in [0.25, 0.3) is 0 Å². The molecule has 0 aliphatic rings. The van der Waals surface area contributed by atoms with Crippen LogP contribution in [0.1, 0.15) is 11.1 Å². The van der Waals surface area contributed by atoms with Crippen LogP contribution in [0.25, 0.3) is 5.69 Å². The first-order valence-electron chi connectivity index (χ1n) is 5.21. The molecule has 2 aromatic rings. The molecule has 2 rings (SSSR count). The van der Waals surface area contributed by atoms with Gasteiger partial charge in [-0.1, -0.05) is 34.7 Å². The highest BCUT2D eigenvalue weighted by atomic mass is 127. The Balaban J connectivity index is 2.70. The molecule has 0 bridgehead atoms. The molecular formula is C12H9F3INO2. The van der Waals surface area contributed by atoms with Crippen molar-refractivity contribution in [3.05, 3.63) is 41.5 Å². The van der Waals surface area contributed by atoms with Crippen LogP contribution in [0.5, 0.6) is 11.8 Å². The molecule has 102 valence electrons. The van der Waals surface area contributed by atoms with Gasteiger partial charge >= 0.3 is 6.18 Å². The van der Waals surface area contributed by atoms with Gasteiger partial charge in [-0.15, -0.1) is 0 Å². The van der Waals surface area contributed by atoms with E-state index in [2.05, 4.69) is 0 Å². The molecule has 2 N–H and O–H groups in total. The highest BCUT2D eigenvalue weighted by molar-refractivity contribution is 14.1. The molecule has 0 unspecified atom stereocenters. The minimum Gasteiger partial charge on any atom is -0.494 e. The maximum Gasteiger partial charge on any atom is 0.418 e. The fourth-order valence-corrected chi connectivity index (χ4v) is 2.34. The Morgan fingerprint density at radius 3 is 2.32 bits per heavy atom. The molecule has 19 heavy (non-hydrogen) atoms. The fraction of sp³-hybridized carbons (Fsp3) is 0.167. The van der Waals surface area contributed by atoms with Crippen molar-refractivity contribution < 1.29 is 23.4 Å². The van der Waals surface area contributed by atoms with Crippen molar-refractivity contribution in [1.29, 1.82) is 0 Å². The summed E-state index contributed by atoms with van der Waals surface area (Å²) in [6.45, 7) is 0. The molecule has 0 aliphatic heterocycles. The molecule has 1 aromatic carbocycles. The second-order valence-electron chi connectivity index (χ2n) is 3.84. The first-order valence-corrected chi connectivity index (χ1v) is 6.74. The lowest BCUT2D eigenvalue weighted by atomic mass is 10.1. The number of aromatic nitrogens is 1. The van der Waals surface area contributed by atoms with Crippen LogP contribution in [0.4, 0.5) is 13.2 Å². The van der Waals surface area contributed by atoms with Crippen LogP contribution in [0.3, 0.4) is 0 Å². The zero-order valence-corrected chi connectivity index (χ0v) is 11.6. The normalized spacial score (nSPS) is 11.8. The molecule has 0 saturated heterocycles. The predicted molar refractivity (Wildman–Crippen MR) is 71.8 cm³/mol. The van der Waals surface area contributed by atoms with Crippen LogP contribution in [0.15, 0.2) is 30.3 Å². The Kier molecular flexibility index (Phi) is 3.66. The van der Waals surface area contributed by atoms with Gasteiger partial charge in [0.2, 0.25) is 5.88 Å². The largest absolute Gasteiger partial charge is 0.494 e. The highest BCUT2D eigenvalue weighted by Crippen LogP contribution is 2.39. The monoisotopic (exact) mass is 383 g/mol. The quantitative estimate of drug-likeness (QED) is 0.612. The third-order valence-electron chi connectivity index (χ3n) is 2.63. The van der Waals surface area contributed by atoms with Crippen LogP contribution in [-0.4, -0.2) is 14.8 Å². The van der Waals surface area contributed by atoms with Crippen molar-refractivity contribution in [3.63, 3.8) is 0 Å². The van der Waals surface area contributed by atoms with E-state index < -0.39 is 17.6 Å². The summed E-state index contributed by atoms with van der Waals surface area (Å²) < 4.78 is 39.9. The van der Waals surface area contributed by atoms with Gasteiger partial charge in [0, 0.05) is 16.1 Å². The number of halogens is 4. The third kappa shape index (κ3) is 2.51. The van der Waals surface area contributed by atoms with E-state index in [1.165, 1.54) is 24.3 Å². The smallest absolute Gasteiger partial charge is 0.418 e. The standard InChI is InChI=1S/C12H9F3INO2/c13-12(14,15)8-3-1-2-4-9(8)17-10(18)5-7(6-16)11(17)19/h1-5,18-19H,6H2. The fourth-order valence-electron chi connectivity index (χ4n) is 1.78. The number of para-hydroxylation sites is 1. The van der Waals surface area contributed by atoms with E-state index in [0.29, 0.717) is 9.99 Å². The van der Waals surface area contributed by atoms with Gasteiger partial charge < -0.3 is 10.2 Å². The summed E-state index contributed by atoms with van der Waals surface area (Å²) in [5.74, 6) is -0.815. The molecule has 0 atom stereocenters. The van der Waals surface area contributed by atoms with E-state index in [-0.39, 0.29) is 11.6 Å². The summed E-state index contributed by atoms with van der Waals surface area (Å²) >= 11 is 1.95. The van der Waals surface area contributed by atoms with Gasteiger partial charge in [0.1, 0.15) is 0 Å². The molecule has 3 nitrogen and oxygen atoms in total. The zero-order valence-electron chi connectivity index (χ0n) is 9.45. The molecule has 0 radical (unpaired) electrons. The average molecular weight is 383 g/mol. The molecule has 1 heterocycles. The first kappa shape index (κ1) is 14.0. The molecule has 0 fully saturated rings. The summed E-state index contributed by atoms with van der Waals surface area (Å²) in [4.78, 5) is 0. The van der Waals surface area contributed by atoms with Crippen molar-refractivity contribution in [2.24, 2.45) is 0 Å². The zero-order chi connectivity index (χ0) is 14.2. The second-order valence-corrected chi connectivity index (χ2v) is 4.60. The number of aromatic hydroxyl groups is 2. The van der Waals surface area contributed by atoms with E-state index >= 15 is 0 Å². The highest BCUT2D eigenvalue weighted by Gasteiger charge is 2.34. The summed E-state index contributed by atoms with van der Waals surface area (Å²) in [7, 11) is 0. The van der Waals surface area contributed by atoms with Gasteiger partial charge in [0.05, 0.1) is 11.3 Å². The van der Waals surface area contributed by atoms with E-state index in [0.717, 1.165) is 10.6 Å². The van der Waals surface area contributed by atoms with Crippen molar-refractivity contribution in [2.75, 3.05) is 0 Å². The van der Waals surface area contributed by atoms with Crippen LogP contribution >= 0.6 is 22.6 Å².